The fraction of sp³-hybridized carbons (Fsp3) is 0.256. The van der Waals surface area contributed by atoms with E-state index in [0.717, 1.165) is 58.3 Å². The van der Waals surface area contributed by atoms with Crippen LogP contribution in [0.4, 0.5) is 0 Å². The van der Waals surface area contributed by atoms with E-state index in [2.05, 4.69) is 156 Å². The number of rotatable bonds is 7. The van der Waals surface area contributed by atoms with Crippen LogP contribution in [0.5, 0.6) is 11.5 Å². The highest BCUT2D eigenvalue weighted by molar-refractivity contribution is 6.09. The van der Waals surface area contributed by atoms with Gasteiger partial charge in [-0.2, -0.15) is 5.10 Å². The van der Waals surface area contributed by atoms with Gasteiger partial charge in [-0.15, -0.1) is 0 Å². The highest BCUT2D eigenvalue weighted by atomic mass is 16.5. The van der Waals surface area contributed by atoms with Crippen molar-refractivity contribution in [1.29, 1.82) is 0 Å². The Morgan fingerprint density at radius 2 is 1.46 bits per heavy atom. The first kappa shape index (κ1) is 31.4. The minimum atomic E-state index is -0.0921. The van der Waals surface area contributed by atoms with Crippen LogP contribution in [0.3, 0.4) is 0 Å². The first-order chi connectivity index (χ1) is 23.0. The molecule has 0 bridgehead atoms. The van der Waals surface area contributed by atoms with Gasteiger partial charge in [0, 0.05) is 40.4 Å². The Balaban J connectivity index is 1.35. The minimum Gasteiger partial charge on any atom is -0.457 e. The number of fused-ring (bicyclic) bond motifs is 3. The summed E-state index contributed by atoms with van der Waals surface area (Å²) in [6.45, 7) is 17.6. The molecule has 0 saturated heterocycles. The zero-order valence-corrected chi connectivity index (χ0v) is 29.3. The van der Waals surface area contributed by atoms with Crippen LogP contribution in [0, 0.1) is 27.7 Å². The Labute approximate surface area is 283 Å². The van der Waals surface area contributed by atoms with Gasteiger partial charge in [-0.25, -0.2) is 9.67 Å². The molecule has 7 aromatic rings. The van der Waals surface area contributed by atoms with Gasteiger partial charge in [0.05, 0.1) is 22.4 Å². The zero-order valence-electron chi connectivity index (χ0n) is 29.3. The third-order valence-electron chi connectivity index (χ3n) is 9.48. The SMILES string of the molecule is CCCc1ccnc(-n2c3ccccc3c3ccc(Oc4cc(-n5nc(C)c(-c6c(C)cccc6C)c5C)cc(C(C)(C)C)c4)cc32)c1. The van der Waals surface area contributed by atoms with Gasteiger partial charge >= 0.3 is 0 Å². The molecule has 5 heteroatoms. The molecule has 3 aromatic heterocycles. The summed E-state index contributed by atoms with van der Waals surface area (Å²) in [5, 5.41) is 7.46. The van der Waals surface area contributed by atoms with Crippen LogP contribution in [-0.4, -0.2) is 19.3 Å². The average Bonchev–Trinajstić information content (AvgIpc) is 3.53. The molecule has 3 heterocycles. The van der Waals surface area contributed by atoms with Crippen LogP contribution >= 0.6 is 0 Å². The van der Waals surface area contributed by atoms with E-state index in [1.54, 1.807) is 0 Å². The Morgan fingerprint density at radius 1 is 0.708 bits per heavy atom. The smallest absolute Gasteiger partial charge is 0.137 e. The van der Waals surface area contributed by atoms with E-state index in [1.807, 2.05) is 6.20 Å². The van der Waals surface area contributed by atoms with E-state index in [4.69, 9.17) is 14.8 Å². The van der Waals surface area contributed by atoms with Crippen molar-refractivity contribution in [1.82, 2.24) is 19.3 Å². The molecule has 48 heavy (non-hydrogen) atoms. The maximum absolute atomic E-state index is 6.76. The maximum Gasteiger partial charge on any atom is 0.137 e. The molecule has 0 saturated carbocycles. The largest absolute Gasteiger partial charge is 0.457 e. The highest BCUT2D eigenvalue weighted by Gasteiger charge is 2.22. The number of pyridine rings is 1. The van der Waals surface area contributed by atoms with Gasteiger partial charge in [-0.1, -0.05) is 70.5 Å². The predicted octanol–water partition coefficient (Wildman–Crippen LogP) is 11.3. The summed E-state index contributed by atoms with van der Waals surface area (Å²) < 4.78 is 11.1. The number of aromatic nitrogens is 4. The molecule has 5 nitrogen and oxygen atoms in total. The third kappa shape index (κ3) is 5.57. The zero-order chi connectivity index (χ0) is 33.7. The molecule has 0 radical (unpaired) electrons. The van der Waals surface area contributed by atoms with E-state index in [9.17, 15) is 0 Å². The molecule has 0 aliphatic rings. The molecule has 0 spiro atoms. The number of ether oxygens (including phenoxy) is 1. The molecule has 0 amide bonds. The summed E-state index contributed by atoms with van der Waals surface area (Å²) in [7, 11) is 0. The summed E-state index contributed by atoms with van der Waals surface area (Å²) in [6, 6.07) is 32.3. The van der Waals surface area contributed by atoms with Crippen molar-refractivity contribution in [2.45, 2.75) is 73.6 Å². The summed E-state index contributed by atoms with van der Waals surface area (Å²) in [5.41, 5.74) is 12.7. The molecule has 0 unspecified atom stereocenters. The van der Waals surface area contributed by atoms with E-state index in [-0.39, 0.29) is 5.41 Å². The Bertz CT molecular complexity index is 2290. The number of para-hydroxylation sites is 1. The monoisotopic (exact) mass is 632 g/mol. The highest BCUT2D eigenvalue weighted by Crippen LogP contribution is 2.38. The molecule has 0 aliphatic carbocycles. The second-order valence-electron chi connectivity index (χ2n) is 14.1. The summed E-state index contributed by atoms with van der Waals surface area (Å²) in [4.78, 5) is 4.82. The second kappa shape index (κ2) is 12.1. The van der Waals surface area contributed by atoms with Gasteiger partial charge in [0.2, 0.25) is 0 Å². The van der Waals surface area contributed by atoms with Crippen molar-refractivity contribution < 1.29 is 4.74 Å². The van der Waals surface area contributed by atoms with E-state index in [0.29, 0.717) is 0 Å². The van der Waals surface area contributed by atoms with Gasteiger partial charge in [0.15, 0.2) is 0 Å². The van der Waals surface area contributed by atoms with Crippen molar-refractivity contribution in [3.05, 3.63) is 131 Å². The van der Waals surface area contributed by atoms with Crippen molar-refractivity contribution >= 4 is 21.8 Å². The van der Waals surface area contributed by atoms with E-state index in [1.165, 1.54) is 44.2 Å². The number of hydrogen-bond acceptors (Lipinski definition) is 3. The van der Waals surface area contributed by atoms with Crippen LogP contribution < -0.4 is 4.74 Å². The Morgan fingerprint density at radius 3 is 2.21 bits per heavy atom. The second-order valence-corrected chi connectivity index (χ2v) is 14.1. The molecule has 4 aromatic carbocycles. The number of aryl methyl sites for hydroxylation is 4. The molecule has 0 N–H and O–H groups in total. The van der Waals surface area contributed by atoms with Crippen molar-refractivity contribution in [3.8, 4) is 34.1 Å². The molecule has 0 aliphatic heterocycles. The van der Waals surface area contributed by atoms with Gasteiger partial charge < -0.3 is 4.74 Å². The number of hydrogen-bond donors (Lipinski definition) is 0. The van der Waals surface area contributed by atoms with E-state index < -0.39 is 0 Å². The topological polar surface area (TPSA) is 44.9 Å². The van der Waals surface area contributed by atoms with Crippen molar-refractivity contribution in [3.63, 3.8) is 0 Å². The van der Waals surface area contributed by atoms with Crippen molar-refractivity contribution in [2.24, 2.45) is 0 Å². The average molecular weight is 633 g/mol. The van der Waals surface area contributed by atoms with Crippen LogP contribution in [0.2, 0.25) is 0 Å². The Hall–Kier alpha value is -5.16. The maximum atomic E-state index is 6.76. The molecule has 0 atom stereocenters. The van der Waals surface area contributed by atoms with Crippen molar-refractivity contribution in [2.75, 3.05) is 0 Å². The van der Waals surface area contributed by atoms with Gasteiger partial charge in [0.1, 0.15) is 17.3 Å². The number of benzene rings is 4. The lowest BCUT2D eigenvalue weighted by atomic mass is 9.86. The fourth-order valence-electron chi connectivity index (χ4n) is 7.09. The lowest BCUT2D eigenvalue weighted by Crippen LogP contribution is -2.12. The Kier molecular flexibility index (Phi) is 7.95. The molecular formula is C43H44N4O. The van der Waals surface area contributed by atoms with E-state index >= 15 is 0 Å². The fourth-order valence-corrected chi connectivity index (χ4v) is 7.09. The van der Waals surface area contributed by atoms with Gasteiger partial charge in [0.25, 0.3) is 0 Å². The standard InChI is InChI=1S/C43H44N4O/c1-9-13-31-20-21-44-40(22-31)46-38-17-11-10-16-36(38)37-19-18-34(26-39(37)46)48-35-24-32(43(6,7)8)23-33(25-35)47-30(5)42(29(4)45-47)41-27(2)14-12-15-28(41)3/h10-12,14-26H,9,13H2,1-8H3. The van der Waals surface area contributed by atoms with Crippen LogP contribution in [0.1, 0.15) is 67.8 Å². The first-order valence-corrected chi connectivity index (χ1v) is 17.0. The molecule has 7 rings (SSSR count). The van der Waals surface area contributed by atoms with Gasteiger partial charge in [-0.3, -0.25) is 4.57 Å². The van der Waals surface area contributed by atoms with Crippen LogP contribution in [0.15, 0.2) is 97.2 Å². The minimum absolute atomic E-state index is 0.0921. The van der Waals surface area contributed by atoms with Crippen LogP contribution in [-0.2, 0) is 11.8 Å². The summed E-state index contributed by atoms with van der Waals surface area (Å²) in [5.74, 6) is 2.48. The quantitative estimate of drug-likeness (QED) is 0.176. The third-order valence-corrected chi connectivity index (χ3v) is 9.48. The van der Waals surface area contributed by atoms with Crippen LogP contribution in [0.25, 0.3) is 44.4 Å². The summed E-state index contributed by atoms with van der Waals surface area (Å²) in [6.07, 6.45) is 4.04. The lowest BCUT2D eigenvalue weighted by molar-refractivity contribution is 0.478. The molecule has 242 valence electrons. The normalized spacial score (nSPS) is 11.9. The predicted molar refractivity (Wildman–Crippen MR) is 199 cm³/mol. The lowest BCUT2D eigenvalue weighted by Gasteiger charge is -2.22. The van der Waals surface area contributed by atoms with Gasteiger partial charge in [-0.05, 0) is 110 Å². The molecule has 0 fully saturated rings. The number of nitrogens with zero attached hydrogens (tertiary/aromatic N) is 4. The summed E-state index contributed by atoms with van der Waals surface area (Å²) >= 11 is 0. The first-order valence-electron chi connectivity index (χ1n) is 17.0. The molecular weight excluding hydrogens is 589 g/mol.